The van der Waals surface area contributed by atoms with Crippen LogP contribution >= 0.6 is 34.8 Å². The molecule has 0 atom stereocenters. The van der Waals surface area contributed by atoms with Crippen molar-refractivity contribution in [2.45, 2.75) is 58.1 Å². The lowest BCUT2D eigenvalue weighted by Crippen LogP contribution is -2.54. The zero-order valence-corrected chi connectivity index (χ0v) is 32.6. The quantitative estimate of drug-likeness (QED) is 0.161. The number of rotatable bonds is 12. The number of hydrogen-bond donors (Lipinski definition) is 2. The third-order valence-corrected chi connectivity index (χ3v) is 10.5. The number of piperazine rings is 1. The first-order valence-electron chi connectivity index (χ1n) is 16.6. The largest absolute Gasteiger partial charge is 0.493 e. The molecule has 0 unspecified atom stereocenters. The van der Waals surface area contributed by atoms with Crippen molar-refractivity contribution in [1.29, 1.82) is 0 Å². The van der Waals surface area contributed by atoms with E-state index in [4.69, 9.17) is 44.5 Å². The summed E-state index contributed by atoms with van der Waals surface area (Å²) in [6.07, 6.45) is 0. The normalized spacial score (nSPS) is 14.4. The lowest BCUT2D eigenvalue weighted by molar-refractivity contribution is -0.119. The van der Waals surface area contributed by atoms with Crippen molar-refractivity contribution >= 4 is 62.6 Å². The summed E-state index contributed by atoms with van der Waals surface area (Å²) in [5.74, 6) is 0.375. The average Bonchev–Trinajstić information content (AvgIpc) is 3.05. The summed E-state index contributed by atoms with van der Waals surface area (Å²) in [4.78, 5) is 36.4. The van der Waals surface area contributed by atoms with Crippen molar-refractivity contribution in [3.63, 3.8) is 0 Å². The van der Waals surface area contributed by atoms with Gasteiger partial charge in [-0.25, -0.2) is 17.9 Å². The Labute approximate surface area is 315 Å². The van der Waals surface area contributed by atoms with E-state index in [0.29, 0.717) is 49.3 Å². The number of sulfonamides is 1. The number of urea groups is 1. The molecule has 1 aliphatic heterocycles. The molecule has 1 fully saturated rings. The highest BCUT2D eigenvalue weighted by atomic mass is 35.5. The van der Waals surface area contributed by atoms with Crippen LogP contribution < -0.4 is 14.8 Å². The van der Waals surface area contributed by atoms with E-state index in [1.54, 1.807) is 61.8 Å². The van der Waals surface area contributed by atoms with E-state index in [9.17, 15) is 18.0 Å². The molecule has 1 heterocycles. The minimum atomic E-state index is -4.13. The summed E-state index contributed by atoms with van der Waals surface area (Å²) >= 11 is 19.0. The lowest BCUT2D eigenvalue weighted by Gasteiger charge is -2.38. The molecule has 0 bridgehead atoms. The van der Waals surface area contributed by atoms with Crippen LogP contribution in [0.5, 0.6) is 5.75 Å². The maximum absolute atomic E-state index is 14.7. The molecule has 0 saturated carbocycles. The first-order valence-corrected chi connectivity index (χ1v) is 19.2. The maximum Gasteiger partial charge on any atom is 0.326 e. The van der Waals surface area contributed by atoms with E-state index in [1.807, 2.05) is 24.3 Å². The number of amidine groups is 1. The van der Waals surface area contributed by atoms with E-state index in [0.717, 1.165) is 11.1 Å². The van der Waals surface area contributed by atoms with Crippen LogP contribution in [-0.4, -0.2) is 92.3 Å². The third kappa shape index (κ3) is 11.8. The summed E-state index contributed by atoms with van der Waals surface area (Å²) in [6, 6.07) is 16.9. The summed E-state index contributed by atoms with van der Waals surface area (Å²) in [5, 5.41) is 3.89. The number of ether oxygens (including phenoxy) is 1. The average molecular weight is 780 g/mol. The van der Waals surface area contributed by atoms with Gasteiger partial charge in [0, 0.05) is 67.8 Å². The van der Waals surface area contributed by atoms with Crippen LogP contribution in [0.25, 0.3) is 0 Å². The summed E-state index contributed by atoms with van der Waals surface area (Å²) in [7, 11) is -4.13. The Morgan fingerprint density at radius 3 is 2.06 bits per heavy atom. The highest BCUT2D eigenvalue weighted by Gasteiger charge is 2.33. The van der Waals surface area contributed by atoms with Gasteiger partial charge in [-0.15, -0.1) is 0 Å². The number of aliphatic imine (C=N–C) groups is 1. The number of benzene rings is 3. The van der Waals surface area contributed by atoms with Crippen molar-refractivity contribution < 1.29 is 22.7 Å². The molecule has 15 heteroatoms. The van der Waals surface area contributed by atoms with Crippen molar-refractivity contribution in [1.82, 2.24) is 24.7 Å². The van der Waals surface area contributed by atoms with E-state index < -0.39 is 15.6 Å². The molecule has 3 aromatic carbocycles. The second-order valence-corrected chi connectivity index (χ2v) is 16.1. The first-order chi connectivity index (χ1) is 24.1. The van der Waals surface area contributed by atoms with Crippen molar-refractivity contribution in [3.8, 4) is 5.75 Å². The Hall–Kier alpha value is -3.39. The molecule has 51 heavy (non-hydrogen) atoms. The zero-order chi connectivity index (χ0) is 37.3. The molecule has 1 saturated heterocycles. The molecule has 4 rings (SSSR count). The molecule has 0 spiro atoms. The fourth-order valence-electron chi connectivity index (χ4n) is 5.45. The summed E-state index contributed by atoms with van der Waals surface area (Å²) in [5.41, 5.74) is 1.07. The Morgan fingerprint density at radius 2 is 1.51 bits per heavy atom. The number of amides is 3. The van der Waals surface area contributed by atoms with Gasteiger partial charge in [0.15, 0.2) is 0 Å². The molecule has 3 amide bonds. The van der Waals surface area contributed by atoms with E-state index in [-0.39, 0.29) is 58.7 Å². The molecule has 11 nitrogen and oxygen atoms in total. The fraction of sp³-hybridized carbons (Fsp3) is 0.417. The van der Waals surface area contributed by atoms with Crippen LogP contribution in [0.4, 0.5) is 4.79 Å². The van der Waals surface area contributed by atoms with Crippen molar-refractivity contribution in [3.05, 3.63) is 92.4 Å². The van der Waals surface area contributed by atoms with Gasteiger partial charge in [-0.1, -0.05) is 59.1 Å². The van der Waals surface area contributed by atoms with Gasteiger partial charge < -0.3 is 15.0 Å². The van der Waals surface area contributed by atoms with Gasteiger partial charge in [0.2, 0.25) is 15.9 Å². The standard InChI is InChI=1S/C36H45Cl3N6O5S/c1-6-50-32-22-31(39)33(51(48,49)42-36(3,4)5)21-30(32)34(41-23-26-7-11-28(37)12-8-26)45(24-27-9-13-29(38)14-10-27)35(47)44-19-17-43(18-20-44)16-15-40-25(2)46/h7-14,21-22,42H,6,15-20,23-24H2,1-5H3,(H,40,46)/b41-34-. The molecular formula is C36H45Cl3N6O5S. The first kappa shape index (κ1) is 40.4. The topological polar surface area (TPSA) is 124 Å². The van der Waals surface area contributed by atoms with Crippen LogP contribution in [-0.2, 0) is 27.9 Å². The van der Waals surface area contributed by atoms with Crippen LogP contribution in [0.15, 0.2) is 70.6 Å². The third-order valence-electron chi connectivity index (χ3n) is 7.81. The minimum Gasteiger partial charge on any atom is -0.493 e. The van der Waals surface area contributed by atoms with Gasteiger partial charge in [-0.05, 0) is 69.2 Å². The number of carbonyl (C=O) groups is 2. The maximum atomic E-state index is 14.7. The highest BCUT2D eigenvalue weighted by Crippen LogP contribution is 2.33. The second-order valence-electron chi connectivity index (χ2n) is 13.1. The lowest BCUT2D eigenvalue weighted by atomic mass is 10.1. The van der Waals surface area contributed by atoms with E-state index >= 15 is 0 Å². The van der Waals surface area contributed by atoms with Gasteiger partial charge in [-0.2, -0.15) is 0 Å². The molecule has 0 aromatic heterocycles. The monoisotopic (exact) mass is 778 g/mol. The van der Waals surface area contributed by atoms with Gasteiger partial charge in [-0.3, -0.25) is 19.6 Å². The van der Waals surface area contributed by atoms with Gasteiger partial charge in [0.05, 0.1) is 30.3 Å². The predicted molar refractivity (Wildman–Crippen MR) is 203 cm³/mol. The molecule has 1 aliphatic rings. The Balaban J connectivity index is 1.86. The van der Waals surface area contributed by atoms with Crippen LogP contribution in [0.1, 0.15) is 51.3 Å². The SMILES string of the molecule is CCOc1cc(Cl)c(S(=O)(=O)NC(C)(C)C)cc1/C(=N/Cc1ccc(Cl)cc1)N(Cc1ccc(Cl)cc1)C(=O)N1CCN(CCNC(C)=O)CC1. The zero-order valence-electron chi connectivity index (χ0n) is 29.5. The molecule has 0 radical (unpaired) electrons. The van der Waals surface area contributed by atoms with E-state index in [1.165, 1.54) is 19.1 Å². The number of carbonyl (C=O) groups excluding carboxylic acids is 2. The van der Waals surface area contributed by atoms with Crippen LogP contribution in [0.3, 0.4) is 0 Å². The predicted octanol–water partition coefficient (Wildman–Crippen LogP) is 6.45. The highest BCUT2D eigenvalue weighted by molar-refractivity contribution is 7.89. The molecule has 276 valence electrons. The fourth-order valence-corrected chi connectivity index (χ4v) is 7.66. The Morgan fingerprint density at radius 1 is 0.922 bits per heavy atom. The smallest absolute Gasteiger partial charge is 0.326 e. The van der Waals surface area contributed by atoms with Gasteiger partial charge >= 0.3 is 6.03 Å². The molecular weight excluding hydrogens is 735 g/mol. The molecule has 2 N–H and O–H groups in total. The Kier molecular flexibility index (Phi) is 14.2. The van der Waals surface area contributed by atoms with Crippen molar-refractivity contribution in [2.75, 3.05) is 45.9 Å². The van der Waals surface area contributed by atoms with Crippen LogP contribution in [0.2, 0.25) is 15.1 Å². The number of nitrogens with zero attached hydrogens (tertiary/aromatic N) is 4. The molecule has 3 aromatic rings. The minimum absolute atomic E-state index is 0.0398. The number of nitrogens with one attached hydrogen (secondary N) is 2. The summed E-state index contributed by atoms with van der Waals surface area (Å²) in [6.45, 7) is 12.2. The van der Waals surface area contributed by atoms with Crippen molar-refractivity contribution in [2.24, 2.45) is 4.99 Å². The summed E-state index contributed by atoms with van der Waals surface area (Å²) < 4.78 is 36.2. The molecule has 0 aliphatic carbocycles. The van der Waals surface area contributed by atoms with Crippen LogP contribution in [0, 0.1) is 0 Å². The second kappa shape index (κ2) is 17.9. The van der Waals surface area contributed by atoms with Gasteiger partial charge in [0.25, 0.3) is 0 Å². The van der Waals surface area contributed by atoms with E-state index in [2.05, 4.69) is 14.9 Å². The Bertz CT molecular complexity index is 1810. The van der Waals surface area contributed by atoms with Gasteiger partial charge in [0.1, 0.15) is 16.5 Å². The number of halogens is 3. The number of hydrogen-bond acceptors (Lipinski definition) is 7.